The Labute approximate surface area is 107 Å². The van der Waals surface area contributed by atoms with Gasteiger partial charge >= 0.3 is 5.97 Å². The monoisotopic (exact) mass is 246 g/mol. The van der Waals surface area contributed by atoms with E-state index in [0.29, 0.717) is 30.1 Å². The van der Waals surface area contributed by atoms with Crippen LogP contribution in [0, 0.1) is 17.3 Å². The van der Waals surface area contributed by atoms with Crippen LogP contribution in [0.5, 0.6) is 0 Å². The second kappa shape index (κ2) is 3.56. The second-order valence-corrected chi connectivity index (χ2v) is 6.02. The molecule has 0 spiro atoms. The average molecular weight is 246 g/mol. The van der Waals surface area contributed by atoms with Crippen molar-refractivity contribution in [3.8, 4) is 0 Å². The molecule has 0 aromatic rings. The van der Waals surface area contributed by atoms with E-state index in [-0.39, 0.29) is 18.0 Å². The largest absolute Gasteiger partial charge is 0.458 e. The zero-order valence-electron chi connectivity index (χ0n) is 10.9. The highest BCUT2D eigenvalue weighted by atomic mass is 16.6. The van der Waals surface area contributed by atoms with Crippen molar-refractivity contribution in [1.82, 2.24) is 0 Å². The highest BCUT2D eigenvalue weighted by molar-refractivity contribution is 5.93. The summed E-state index contributed by atoms with van der Waals surface area (Å²) in [5, 5.41) is 0. The number of ketones is 1. The molecule has 2 aliphatic carbocycles. The van der Waals surface area contributed by atoms with E-state index in [1.807, 2.05) is 6.92 Å². The summed E-state index contributed by atoms with van der Waals surface area (Å²) < 4.78 is 5.34. The lowest BCUT2D eigenvalue weighted by Crippen LogP contribution is -2.44. The minimum atomic E-state index is -0.427. The van der Waals surface area contributed by atoms with Gasteiger partial charge in [0.25, 0.3) is 0 Å². The molecule has 0 amide bonds. The molecule has 0 aromatic carbocycles. The first kappa shape index (κ1) is 11.7. The third kappa shape index (κ3) is 1.36. The Bertz CT molecular complexity index is 488. The maximum absolute atomic E-state index is 12.2. The summed E-state index contributed by atoms with van der Waals surface area (Å²) in [4.78, 5) is 23.8. The Hall–Kier alpha value is -1.38. The number of Topliss-reactive ketones (excluding diaryl/α,β-unsaturated/α-hetero) is 1. The first-order chi connectivity index (χ1) is 8.43. The smallest absolute Gasteiger partial charge is 0.334 e. The van der Waals surface area contributed by atoms with Crippen LogP contribution in [0.1, 0.15) is 33.1 Å². The van der Waals surface area contributed by atoms with E-state index in [9.17, 15) is 9.59 Å². The Morgan fingerprint density at radius 3 is 2.89 bits per heavy atom. The molecular weight excluding hydrogens is 228 g/mol. The molecule has 0 aromatic heterocycles. The third-order valence-corrected chi connectivity index (χ3v) is 4.88. The van der Waals surface area contributed by atoms with E-state index in [1.54, 1.807) is 0 Å². The summed E-state index contributed by atoms with van der Waals surface area (Å²) in [7, 11) is 0. The minimum absolute atomic E-state index is 0.0195. The summed E-state index contributed by atoms with van der Waals surface area (Å²) in [6.07, 6.45) is 4.08. The molecule has 1 heterocycles. The van der Waals surface area contributed by atoms with Gasteiger partial charge in [0.2, 0.25) is 0 Å². The number of carbonyl (C=O) groups is 2. The van der Waals surface area contributed by atoms with Gasteiger partial charge in [0.05, 0.1) is 5.41 Å². The number of ether oxygens (including phenoxy) is 1. The first-order valence-electron chi connectivity index (χ1n) is 6.59. The lowest BCUT2D eigenvalue weighted by atomic mass is 9.59. The van der Waals surface area contributed by atoms with Crippen molar-refractivity contribution in [1.29, 1.82) is 0 Å². The molecule has 3 nitrogen and oxygen atoms in total. The van der Waals surface area contributed by atoms with Gasteiger partial charge in [-0.25, -0.2) is 4.79 Å². The Morgan fingerprint density at radius 1 is 1.44 bits per heavy atom. The molecule has 96 valence electrons. The van der Waals surface area contributed by atoms with Gasteiger partial charge in [0.1, 0.15) is 11.9 Å². The molecule has 1 saturated heterocycles. The lowest BCUT2D eigenvalue weighted by Gasteiger charge is -2.44. The molecule has 0 N–H and O–H groups in total. The van der Waals surface area contributed by atoms with Gasteiger partial charge in [-0.2, -0.15) is 0 Å². The maximum atomic E-state index is 12.2. The SMILES string of the molecule is C=C1C(=O)O[C@@H]2C[C@@]3(C)C(=O)CC[C@H](C)C3=C[C@H]12. The predicted molar refractivity (Wildman–Crippen MR) is 66.7 cm³/mol. The van der Waals surface area contributed by atoms with E-state index in [2.05, 4.69) is 19.6 Å². The molecule has 1 aliphatic heterocycles. The van der Waals surface area contributed by atoms with E-state index in [1.165, 1.54) is 5.57 Å². The van der Waals surface area contributed by atoms with Crippen LogP contribution in [0.2, 0.25) is 0 Å². The fraction of sp³-hybridized carbons (Fsp3) is 0.600. The summed E-state index contributed by atoms with van der Waals surface area (Å²) in [6, 6.07) is 0. The molecule has 18 heavy (non-hydrogen) atoms. The molecule has 1 saturated carbocycles. The van der Waals surface area contributed by atoms with Crippen molar-refractivity contribution in [3.63, 3.8) is 0 Å². The number of rotatable bonds is 0. The first-order valence-corrected chi connectivity index (χ1v) is 6.59. The number of allylic oxidation sites excluding steroid dienone is 1. The van der Waals surface area contributed by atoms with Crippen molar-refractivity contribution in [2.45, 2.75) is 39.2 Å². The van der Waals surface area contributed by atoms with Crippen LogP contribution in [-0.4, -0.2) is 17.9 Å². The number of esters is 1. The van der Waals surface area contributed by atoms with Crippen LogP contribution in [0.4, 0.5) is 0 Å². The van der Waals surface area contributed by atoms with Crippen molar-refractivity contribution in [2.75, 3.05) is 0 Å². The van der Waals surface area contributed by atoms with E-state index in [4.69, 9.17) is 4.74 Å². The summed E-state index contributed by atoms with van der Waals surface area (Å²) in [5.41, 5.74) is 1.31. The molecule has 3 aliphatic rings. The minimum Gasteiger partial charge on any atom is -0.458 e. The fourth-order valence-corrected chi connectivity index (χ4v) is 3.68. The van der Waals surface area contributed by atoms with Crippen molar-refractivity contribution in [2.24, 2.45) is 17.3 Å². The maximum Gasteiger partial charge on any atom is 0.334 e. The molecule has 0 radical (unpaired) electrons. The summed E-state index contributed by atoms with van der Waals surface area (Å²) in [5.74, 6) is 0.383. The summed E-state index contributed by atoms with van der Waals surface area (Å²) in [6.45, 7) is 7.99. The van der Waals surface area contributed by atoms with Gasteiger partial charge in [0, 0.05) is 24.3 Å². The number of carbonyl (C=O) groups excluding carboxylic acids is 2. The topological polar surface area (TPSA) is 43.4 Å². The number of fused-ring (bicyclic) bond motifs is 2. The lowest BCUT2D eigenvalue weighted by molar-refractivity contribution is -0.143. The van der Waals surface area contributed by atoms with Gasteiger partial charge < -0.3 is 4.74 Å². The van der Waals surface area contributed by atoms with Crippen LogP contribution < -0.4 is 0 Å². The molecule has 4 atom stereocenters. The highest BCUT2D eigenvalue weighted by Gasteiger charge is 2.52. The average Bonchev–Trinajstić information content (AvgIpc) is 2.58. The van der Waals surface area contributed by atoms with Gasteiger partial charge in [0.15, 0.2) is 0 Å². The number of hydrogen-bond donors (Lipinski definition) is 0. The molecule has 2 fully saturated rings. The van der Waals surface area contributed by atoms with Crippen molar-refractivity contribution >= 4 is 11.8 Å². The quantitative estimate of drug-likeness (QED) is 0.374. The fourth-order valence-electron chi connectivity index (χ4n) is 3.68. The molecule has 0 unspecified atom stereocenters. The molecule has 3 heteroatoms. The Kier molecular flexibility index (Phi) is 2.31. The van der Waals surface area contributed by atoms with Crippen LogP contribution in [0.3, 0.4) is 0 Å². The van der Waals surface area contributed by atoms with Crippen molar-refractivity contribution in [3.05, 3.63) is 23.8 Å². The van der Waals surface area contributed by atoms with Gasteiger partial charge in [-0.1, -0.05) is 25.2 Å². The second-order valence-electron chi connectivity index (χ2n) is 6.02. The number of hydrogen-bond acceptors (Lipinski definition) is 3. The molecule has 3 rings (SSSR count). The van der Waals surface area contributed by atoms with Gasteiger partial charge in [-0.3, -0.25) is 4.79 Å². The van der Waals surface area contributed by atoms with Crippen LogP contribution in [0.15, 0.2) is 23.8 Å². The van der Waals surface area contributed by atoms with Crippen molar-refractivity contribution < 1.29 is 14.3 Å². The third-order valence-electron chi connectivity index (χ3n) is 4.88. The standard InChI is InChI=1S/C15H18O3/c1-8-4-5-13(16)15(3)7-12-10(6-11(8)15)9(2)14(17)18-12/h6,8,10,12H,2,4-5,7H2,1,3H3/t8-,10+,12+,15+/m0/s1. The van der Waals surface area contributed by atoms with E-state index in [0.717, 1.165) is 6.42 Å². The normalized spacial score (nSPS) is 43.1. The van der Waals surface area contributed by atoms with Gasteiger partial charge in [-0.15, -0.1) is 0 Å². The zero-order chi connectivity index (χ0) is 13.1. The predicted octanol–water partition coefficient (Wildman–Crippen LogP) is 2.42. The van der Waals surface area contributed by atoms with Crippen LogP contribution >= 0.6 is 0 Å². The zero-order valence-corrected chi connectivity index (χ0v) is 10.9. The van der Waals surface area contributed by atoms with Crippen LogP contribution in [0.25, 0.3) is 0 Å². The molecular formula is C15H18O3. The highest BCUT2D eigenvalue weighted by Crippen LogP contribution is 2.51. The van der Waals surface area contributed by atoms with Crippen LogP contribution in [-0.2, 0) is 14.3 Å². The summed E-state index contributed by atoms with van der Waals surface area (Å²) >= 11 is 0. The van der Waals surface area contributed by atoms with Gasteiger partial charge in [-0.05, 0) is 19.3 Å². The van der Waals surface area contributed by atoms with E-state index < -0.39 is 5.41 Å². The molecule has 0 bridgehead atoms. The Morgan fingerprint density at radius 2 is 2.17 bits per heavy atom. The Balaban J connectivity index is 2.07. The van der Waals surface area contributed by atoms with E-state index >= 15 is 0 Å².